The molecule has 0 fully saturated rings. The van der Waals surface area contributed by atoms with Crippen molar-refractivity contribution >= 4 is 10.8 Å². The average molecular weight is 266 g/mol. The second-order valence-corrected chi connectivity index (χ2v) is 5.31. The van der Waals surface area contributed by atoms with Gasteiger partial charge in [-0.25, -0.2) is 0 Å². The van der Waals surface area contributed by atoms with Crippen LogP contribution in [-0.4, -0.2) is 6.61 Å². The molecule has 0 aliphatic rings. The van der Waals surface area contributed by atoms with E-state index >= 15 is 0 Å². The number of fused-ring (bicyclic) bond motifs is 1. The number of ether oxygens (including phenoxy) is 1. The summed E-state index contributed by atoms with van der Waals surface area (Å²) in [7, 11) is 0. The fourth-order valence-electron chi connectivity index (χ4n) is 1.96. The molecule has 0 radical (unpaired) electrons. The van der Waals surface area contributed by atoms with Crippen molar-refractivity contribution in [1.29, 1.82) is 0 Å². The Morgan fingerprint density at radius 1 is 1.15 bits per heavy atom. The van der Waals surface area contributed by atoms with E-state index in [0.29, 0.717) is 12.5 Å². The van der Waals surface area contributed by atoms with Crippen molar-refractivity contribution in [1.82, 2.24) is 0 Å². The topological polar surface area (TPSA) is 9.23 Å². The van der Waals surface area contributed by atoms with E-state index in [-0.39, 0.29) is 0 Å². The van der Waals surface area contributed by atoms with E-state index in [1.165, 1.54) is 16.3 Å². The summed E-state index contributed by atoms with van der Waals surface area (Å²) in [5.41, 5.74) is 4.54. The summed E-state index contributed by atoms with van der Waals surface area (Å²) in [5.74, 6) is 1.44. The lowest BCUT2D eigenvalue weighted by Crippen LogP contribution is -1.99. The highest BCUT2D eigenvalue weighted by Crippen LogP contribution is 2.21. The van der Waals surface area contributed by atoms with Crippen LogP contribution in [0.25, 0.3) is 10.8 Å². The summed E-state index contributed by atoms with van der Waals surface area (Å²) < 4.78 is 5.88. The van der Waals surface area contributed by atoms with Crippen molar-refractivity contribution in [3.63, 3.8) is 0 Å². The van der Waals surface area contributed by atoms with Crippen molar-refractivity contribution in [3.05, 3.63) is 59.8 Å². The predicted molar refractivity (Wildman–Crippen MR) is 86.2 cm³/mol. The van der Waals surface area contributed by atoms with Crippen molar-refractivity contribution in [2.24, 2.45) is 5.92 Å². The highest BCUT2D eigenvalue weighted by Gasteiger charge is 1.99. The quantitative estimate of drug-likeness (QED) is 0.661. The Morgan fingerprint density at radius 2 is 1.90 bits per heavy atom. The molecule has 104 valence electrons. The van der Waals surface area contributed by atoms with Crippen LogP contribution in [0.4, 0.5) is 0 Å². The van der Waals surface area contributed by atoms with Crippen LogP contribution < -0.4 is 4.74 Å². The molecule has 0 aromatic heterocycles. The summed E-state index contributed by atoms with van der Waals surface area (Å²) in [4.78, 5) is 0. The summed E-state index contributed by atoms with van der Waals surface area (Å²) in [6, 6.07) is 14.5. The van der Waals surface area contributed by atoms with Crippen LogP contribution in [0.15, 0.2) is 59.8 Å². The zero-order valence-electron chi connectivity index (χ0n) is 12.5. The first-order valence-electron chi connectivity index (χ1n) is 7.25. The molecule has 20 heavy (non-hydrogen) atoms. The molecule has 0 atom stereocenters. The van der Waals surface area contributed by atoms with Crippen LogP contribution in [0.3, 0.4) is 0 Å². The van der Waals surface area contributed by atoms with E-state index in [4.69, 9.17) is 4.74 Å². The third-order valence-electron chi connectivity index (χ3n) is 3.18. The minimum atomic E-state index is 0.525. The zero-order chi connectivity index (χ0) is 14.4. The molecule has 0 saturated carbocycles. The number of hydrogen-bond donors (Lipinski definition) is 0. The molecule has 0 unspecified atom stereocenters. The van der Waals surface area contributed by atoms with Gasteiger partial charge < -0.3 is 4.74 Å². The van der Waals surface area contributed by atoms with Crippen LogP contribution >= 0.6 is 0 Å². The van der Waals surface area contributed by atoms with E-state index in [0.717, 1.165) is 12.2 Å². The van der Waals surface area contributed by atoms with Gasteiger partial charge >= 0.3 is 0 Å². The maximum Gasteiger partial charge on any atom is 0.120 e. The second kappa shape index (κ2) is 6.98. The first-order chi connectivity index (χ1) is 9.69. The molecule has 0 amide bonds. The molecule has 0 bridgehead atoms. The lowest BCUT2D eigenvalue weighted by molar-refractivity contribution is 0.349. The highest BCUT2D eigenvalue weighted by atomic mass is 16.5. The molecule has 2 rings (SSSR count). The first kappa shape index (κ1) is 14.4. The number of hydrogen-bond acceptors (Lipinski definition) is 1. The Bertz CT molecular complexity index is 631. The van der Waals surface area contributed by atoms with E-state index in [9.17, 15) is 0 Å². The largest absolute Gasteiger partial charge is 0.489 e. The van der Waals surface area contributed by atoms with Gasteiger partial charge in [0.25, 0.3) is 0 Å². The van der Waals surface area contributed by atoms with Gasteiger partial charge in [-0.2, -0.15) is 0 Å². The van der Waals surface area contributed by atoms with Gasteiger partial charge in [-0.3, -0.25) is 0 Å². The molecule has 2 aromatic carbocycles. The summed E-state index contributed by atoms with van der Waals surface area (Å²) >= 11 is 0. The molecule has 2 aromatic rings. The molecule has 0 spiro atoms. The molecule has 0 aliphatic carbocycles. The summed E-state index contributed by atoms with van der Waals surface area (Å²) in [6.07, 6.45) is 3.07. The van der Waals surface area contributed by atoms with Crippen molar-refractivity contribution < 1.29 is 4.74 Å². The van der Waals surface area contributed by atoms with E-state index < -0.39 is 0 Å². The predicted octanol–water partition coefficient (Wildman–Crippen LogP) is 5.37. The zero-order valence-corrected chi connectivity index (χ0v) is 12.5. The van der Waals surface area contributed by atoms with Gasteiger partial charge in [0.15, 0.2) is 0 Å². The smallest absolute Gasteiger partial charge is 0.120 e. The Labute approximate surface area is 121 Å². The van der Waals surface area contributed by atoms with Gasteiger partial charge in [0.2, 0.25) is 0 Å². The van der Waals surface area contributed by atoms with Crippen molar-refractivity contribution in [2.75, 3.05) is 6.61 Å². The number of rotatable bonds is 5. The molecular formula is C19H22O. The Morgan fingerprint density at radius 3 is 2.60 bits per heavy atom. The van der Waals surface area contributed by atoms with Gasteiger partial charge in [0.05, 0.1) is 0 Å². The molecular weight excluding hydrogens is 244 g/mol. The van der Waals surface area contributed by atoms with Crippen LogP contribution in [0.1, 0.15) is 27.2 Å². The minimum absolute atomic E-state index is 0.525. The van der Waals surface area contributed by atoms with Crippen LogP contribution in [-0.2, 0) is 0 Å². The highest BCUT2D eigenvalue weighted by molar-refractivity contribution is 5.83. The SMILES string of the molecule is CCC(=C=CC(C)C)COc1ccc2ccccc2c1. The molecule has 0 aliphatic heterocycles. The second-order valence-electron chi connectivity index (χ2n) is 5.31. The molecule has 1 nitrogen and oxygen atoms in total. The molecule has 0 saturated heterocycles. The molecule has 0 N–H and O–H groups in total. The summed E-state index contributed by atoms with van der Waals surface area (Å²) in [6.45, 7) is 7.06. The van der Waals surface area contributed by atoms with E-state index in [1.807, 2.05) is 6.07 Å². The monoisotopic (exact) mass is 266 g/mol. The Kier molecular flexibility index (Phi) is 5.03. The summed E-state index contributed by atoms with van der Waals surface area (Å²) in [5, 5.41) is 2.45. The molecule has 1 heteroatoms. The fourth-order valence-corrected chi connectivity index (χ4v) is 1.96. The van der Waals surface area contributed by atoms with Crippen LogP contribution in [0.5, 0.6) is 5.75 Å². The number of benzene rings is 2. The fraction of sp³-hybridized carbons (Fsp3) is 0.316. The van der Waals surface area contributed by atoms with Gasteiger partial charge in [0.1, 0.15) is 12.4 Å². The third-order valence-corrected chi connectivity index (χ3v) is 3.18. The first-order valence-corrected chi connectivity index (χ1v) is 7.25. The van der Waals surface area contributed by atoms with Crippen molar-refractivity contribution in [3.8, 4) is 5.75 Å². The lowest BCUT2D eigenvalue weighted by Gasteiger charge is -2.08. The molecule has 0 heterocycles. The van der Waals surface area contributed by atoms with Crippen LogP contribution in [0, 0.1) is 5.92 Å². The average Bonchev–Trinajstić information content (AvgIpc) is 2.47. The Hall–Kier alpha value is -1.98. The Balaban J connectivity index is 2.10. The standard InChI is InChI=1S/C19H22O/c1-4-16(10-9-15(2)3)14-20-19-12-11-17-7-5-6-8-18(17)13-19/h5-9,11-13,15H,4,14H2,1-3H3. The maximum atomic E-state index is 5.88. The normalized spacial score (nSPS) is 10.4. The van der Waals surface area contributed by atoms with E-state index in [2.05, 4.69) is 69.0 Å². The van der Waals surface area contributed by atoms with E-state index in [1.54, 1.807) is 0 Å². The maximum absolute atomic E-state index is 5.88. The van der Waals surface area contributed by atoms with Crippen LogP contribution in [0.2, 0.25) is 0 Å². The minimum Gasteiger partial charge on any atom is -0.489 e. The third kappa shape index (κ3) is 4.01. The van der Waals surface area contributed by atoms with Gasteiger partial charge in [-0.1, -0.05) is 51.1 Å². The van der Waals surface area contributed by atoms with Crippen molar-refractivity contribution in [2.45, 2.75) is 27.2 Å². The van der Waals surface area contributed by atoms with Gasteiger partial charge in [-0.05, 0) is 41.3 Å². The lowest BCUT2D eigenvalue weighted by atomic mass is 10.1. The van der Waals surface area contributed by atoms with Gasteiger partial charge in [-0.15, -0.1) is 5.73 Å². The van der Waals surface area contributed by atoms with Gasteiger partial charge in [0, 0.05) is 5.57 Å².